The molecule has 0 bridgehead atoms. The molecule has 3 rings (SSSR count). The summed E-state index contributed by atoms with van der Waals surface area (Å²) in [6, 6.07) is 11.9. The first-order valence-corrected chi connectivity index (χ1v) is 10.2. The Balaban J connectivity index is 2.04. The van der Waals surface area contributed by atoms with Gasteiger partial charge in [-0.25, -0.2) is 14.4 Å². The summed E-state index contributed by atoms with van der Waals surface area (Å²) in [4.78, 5) is 38.4. The Morgan fingerprint density at radius 3 is 2.32 bits per heavy atom. The highest BCUT2D eigenvalue weighted by Crippen LogP contribution is 2.34. The van der Waals surface area contributed by atoms with Crippen molar-refractivity contribution in [2.24, 2.45) is 0 Å². The van der Waals surface area contributed by atoms with Gasteiger partial charge >= 0.3 is 18.0 Å². The van der Waals surface area contributed by atoms with Gasteiger partial charge in [0.15, 0.2) is 0 Å². The quantitative estimate of drug-likeness (QED) is 0.452. The highest BCUT2D eigenvalue weighted by atomic mass is 79.9. The molecule has 0 spiro atoms. The molecule has 0 saturated heterocycles. The molecule has 0 aromatic heterocycles. The lowest BCUT2D eigenvalue weighted by atomic mass is 9.94. The van der Waals surface area contributed by atoms with Gasteiger partial charge in [0.1, 0.15) is 6.61 Å². The number of methoxy groups -OCH3 is 1. The number of carboxylic acid groups (broad SMARTS) is 1. The minimum absolute atomic E-state index is 0.0699. The summed E-state index contributed by atoms with van der Waals surface area (Å²) in [5, 5.41) is 12.0. The zero-order chi connectivity index (χ0) is 22.5. The lowest BCUT2D eigenvalue weighted by Gasteiger charge is -2.35. The first-order valence-electron chi connectivity index (χ1n) is 9.39. The topological polar surface area (TPSA) is 105 Å². The molecule has 2 N–H and O–H groups in total. The second-order valence-electron chi connectivity index (χ2n) is 6.75. The molecule has 1 aliphatic heterocycles. The summed E-state index contributed by atoms with van der Waals surface area (Å²) in [7, 11) is 1.51. The standard InChI is InChI=1S/C22H21BrN2O6/c1-13-18(21(28)31-12-11-30-2)19(14-3-7-16(23)8-4-14)24-22(29)25(13)17-9-5-15(6-10-17)20(26)27/h3-10,19H,11-12H2,1-2H3,(H,24,29)(H,26,27)/t19-/m1/s1. The summed E-state index contributed by atoms with van der Waals surface area (Å²) in [6.07, 6.45) is 0. The number of aromatic carboxylic acids is 1. The minimum atomic E-state index is -1.07. The number of hydrogen-bond acceptors (Lipinski definition) is 5. The second kappa shape index (κ2) is 9.76. The van der Waals surface area contributed by atoms with Gasteiger partial charge < -0.3 is 19.9 Å². The van der Waals surface area contributed by atoms with E-state index in [9.17, 15) is 14.4 Å². The van der Waals surface area contributed by atoms with Gasteiger partial charge in [-0.3, -0.25) is 4.90 Å². The van der Waals surface area contributed by atoms with Crippen LogP contribution in [0.25, 0.3) is 0 Å². The van der Waals surface area contributed by atoms with Crippen molar-refractivity contribution in [2.45, 2.75) is 13.0 Å². The Labute approximate surface area is 187 Å². The minimum Gasteiger partial charge on any atom is -0.478 e. The first-order chi connectivity index (χ1) is 14.8. The monoisotopic (exact) mass is 488 g/mol. The van der Waals surface area contributed by atoms with Gasteiger partial charge in [-0.2, -0.15) is 0 Å². The van der Waals surface area contributed by atoms with Gasteiger partial charge in [0.2, 0.25) is 0 Å². The van der Waals surface area contributed by atoms with Crippen molar-refractivity contribution in [1.82, 2.24) is 5.32 Å². The van der Waals surface area contributed by atoms with E-state index in [4.69, 9.17) is 14.6 Å². The van der Waals surface area contributed by atoms with Crippen molar-refractivity contribution in [3.63, 3.8) is 0 Å². The van der Waals surface area contributed by atoms with E-state index in [2.05, 4.69) is 21.2 Å². The molecule has 1 aliphatic rings. The van der Waals surface area contributed by atoms with Crippen LogP contribution in [0.5, 0.6) is 0 Å². The van der Waals surface area contributed by atoms with Crippen LogP contribution < -0.4 is 10.2 Å². The zero-order valence-electron chi connectivity index (χ0n) is 16.9. The smallest absolute Gasteiger partial charge is 0.338 e. The molecular weight excluding hydrogens is 468 g/mol. The number of ether oxygens (including phenoxy) is 2. The van der Waals surface area contributed by atoms with Crippen molar-refractivity contribution in [2.75, 3.05) is 25.2 Å². The van der Waals surface area contributed by atoms with Crippen molar-refractivity contribution in [1.29, 1.82) is 0 Å². The molecule has 9 heteroatoms. The van der Waals surface area contributed by atoms with Crippen molar-refractivity contribution in [3.05, 3.63) is 75.4 Å². The molecule has 162 valence electrons. The Kier molecular flexibility index (Phi) is 7.09. The molecular formula is C22H21BrN2O6. The number of carboxylic acids is 1. The van der Waals surface area contributed by atoms with Gasteiger partial charge in [-0.1, -0.05) is 28.1 Å². The van der Waals surface area contributed by atoms with E-state index in [-0.39, 0.29) is 24.4 Å². The Morgan fingerprint density at radius 1 is 1.10 bits per heavy atom. The normalized spacial score (nSPS) is 16.2. The lowest BCUT2D eigenvalue weighted by Crippen LogP contribution is -2.48. The Bertz CT molecular complexity index is 1020. The lowest BCUT2D eigenvalue weighted by molar-refractivity contribution is -0.140. The number of halogens is 1. The number of urea groups is 1. The zero-order valence-corrected chi connectivity index (χ0v) is 18.5. The SMILES string of the molecule is COCCOC(=O)C1=C(C)N(c2ccc(C(=O)O)cc2)C(=O)N[C@@H]1c1ccc(Br)cc1. The summed E-state index contributed by atoms with van der Waals surface area (Å²) >= 11 is 3.38. The molecule has 2 aromatic carbocycles. The molecule has 0 fully saturated rings. The molecule has 31 heavy (non-hydrogen) atoms. The van der Waals surface area contributed by atoms with E-state index in [1.54, 1.807) is 6.92 Å². The third-order valence-electron chi connectivity index (χ3n) is 4.80. The van der Waals surface area contributed by atoms with Crippen LogP contribution >= 0.6 is 15.9 Å². The maximum atomic E-state index is 13.0. The number of allylic oxidation sites excluding steroid dienone is 1. The van der Waals surface area contributed by atoms with Gasteiger partial charge in [0.25, 0.3) is 0 Å². The molecule has 1 heterocycles. The van der Waals surface area contributed by atoms with E-state index in [0.717, 1.165) is 10.0 Å². The summed E-state index contributed by atoms with van der Waals surface area (Å²) in [6.45, 7) is 1.97. The predicted octanol–water partition coefficient (Wildman–Crippen LogP) is 3.88. The van der Waals surface area contributed by atoms with Crippen LogP contribution in [0.4, 0.5) is 10.5 Å². The van der Waals surface area contributed by atoms with Crippen LogP contribution in [0, 0.1) is 0 Å². The molecule has 2 aromatic rings. The van der Waals surface area contributed by atoms with Crippen molar-refractivity contribution in [3.8, 4) is 0 Å². The van der Waals surface area contributed by atoms with Crippen LogP contribution in [0.3, 0.4) is 0 Å². The molecule has 8 nitrogen and oxygen atoms in total. The van der Waals surface area contributed by atoms with E-state index in [0.29, 0.717) is 11.4 Å². The van der Waals surface area contributed by atoms with E-state index >= 15 is 0 Å². The highest BCUT2D eigenvalue weighted by Gasteiger charge is 2.37. The number of carbonyl (C=O) groups is 3. The fourth-order valence-corrected chi connectivity index (χ4v) is 3.54. The van der Waals surface area contributed by atoms with Gasteiger partial charge in [0.05, 0.1) is 29.5 Å². The summed E-state index contributed by atoms with van der Waals surface area (Å²) in [5.41, 5.74) is 1.91. The van der Waals surface area contributed by atoms with Crippen LogP contribution in [0.2, 0.25) is 0 Å². The fraction of sp³-hybridized carbons (Fsp3) is 0.227. The van der Waals surface area contributed by atoms with Crippen LogP contribution in [0.15, 0.2) is 64.3 Å². The average Bonchev–Trinajstić information content (AvgIpc) is 2.74. The molecule has 0 radical (unpaired) electrons. The van der Waals surface area contributed by atoms with E-state index in [1.807, 2.05) is 24.3 Å². The van der Waals surface area contributed by atoms with Gasteiger partial charge in [0, 0.05) is 17.3 Å². The number of benzene rings is 2. The third kappa shape index (κ3) is 4.95. The number of carbonyl (C=O) groups excluding carboxylic acids is 2. The maximum absolute atomic E-state index is 13.0. The van der Waals surface area contributed by atoms with Crippen LogP contribution in [-0.2, 0) is 14.3 Å². The van der Waals surface area contributed by atoms with E-state index in [1.165, 1.54) is 36.3 Å². The fourth-order valence-electron chi connectivity index (χ4n) is 3.27. The number of nitrogens with one attached hydrogen (secondary N) is 1. The third-order valence-corrected chi connectivity index (χ3v) is 5.33. The number of esters is 1. The summed E-state index contributed by atoms with van der Waals surface area (Å²) < 4.78 is 11.2. The number of amides is 2. The number of anilines is 1. The second-order valence-corrected chi connectivity index (χ2v) is 7.66. The van der Waals surface area contributed by atoms with Crippen molar-refractivity contribution < 1.29 is 29.0 Å². The maximum Gasteiger partial charge on any atom is 0.338 e. The highest BCUT2D eigenvalue weighted by molar-refractivity contribution is 9.10. The Hall–Kier alpha value is -3.17. The number of hydrogen-bond donors (Lipinski definition) is 2. The molecule has 0 unspecified atom stereocenters. The van der Waals surface area contributed by atoms with Crippen LogP contribution in [0.1, 0.15) is 28.9 Å². The number of rotatable bonds is 7. The molecule has 0 aliphatic carbocycles. The first kappa shape index (κ1) is 22.5. The number of nitrogens with zero attached hydrogens (tertiary/aromatic N) is 1. The van der Waals surface area contributed by atoms with Crippen LogP contribution in [-0.4, -0.2) is 43.4 Å². The molecule has 0 saturated carbocycles. The van der Waals surface area contributed by atoms with Crippen molar-refractivity contribution >= 4 is 39.6 Å². The Morgan fingerprint density at radius 2 is 1.74 bits per heavy atom. The largest absolute Gasteiger partial charge is 0.478 e. The van der Waals surface area contributed by atoms with Gasteiger partial charge in [-0.15, -0.1) is 0 Å². The molecule has 1 atom stereocenters. The predicted molar refractivity (Wildman–Crippen MR) is 117 cm³/mol. The van der Waals surface area contributed by atoms with E-state index < -0.39 is 24.0 Å². The average molecular weight is 489 g/mol. The summed E-state index contributed by atoms with van der Waals surface area (Å²) in [5.74, 6) is -1.64. The van der Waals surface area contributed by atoms with Gasteiger partial charge in [-0.05, 0) is 48.9 Å². The molecule has 2 amide bonds.